The summed E-state index contributed by atoms with van der Waals surface area (Å²) in [6, 6.07) is 5.10. The van der Waals surface area contributed by atoms with E-state index in [4.69, 9.17) is 0 Å². The average Bonchev–Trinajstić information content (AvgIpc) is 2.48. The largest absolute Gasteiger partial charge is 1.00 e. The van der Waals surface area contributed by atoms with Crippen molar-refractivity contribution >= 4 is 21.0 Å². The second-order valence-electron chi connectivity index (χ2n) is 2.79. The van der Waals surface area contributed by atoms with Gasteiger partial charge in [-0.1, -0.05) is 6.07 Å². The number of benzene rings is 1. The van der Waals surface area contributed by atoms with Crippen LogP contribution in [0.5, 0.6) is 0 Å². The third-order valence-electron chi connectivity index (χ3n) is 1.86. The van der Waals surface area contributed by atoms with Crippen LogP contribution in [0.4, 0.5) is 4.39 Å². The Labute approximate surface area is 108 Å². The molecule has 0 aliphatic heterocycles. The second-order valence-corrected chi connectivity index (χ2v) is 4.14. The minimum Gasteiger partial charge on any atom is -0.743 e. The van der Waals surface area contributed by atoms with Gasteiger partial charge < -0.3 is 9.54 Å². The molecule has 0 saturated heterocycles. The Morgan fingerprint density at radius 3 is 2.53 bits per heavy atom. The maximum Gasteiger partial charge on any atom is 1.00 e. The molecule has 2 rings (SSSR count). The molecule has 7 heteroatoms. The van der Waals surface area contributed by atoms with E-state index in [0.29, 0.717) is 5.52 Å². The van der Waals surface area contributed by atoms with Crippen molar-refractivity contribution in [1.29, 1.82) is 0 Å². The van der Waals surface area contributed by atoms with Gasteiger partial charge >= 0.3 is 29.6 Å². The third kappa shape index (κ3) is 2.40. The van der Waals surface area contributed by atoms with E-state index in [2.05, 4.69) is 4.98 Å². The summed E-state index contributed by atoms with van der Waals surface area (Å²) in [5, 5.41) is -0.417. The van der Waals surface area contributed by atoms with Crippen molar-refractivity contribution in [3.8, 4) is 0 Å². The first-order valence-electron chi connectivity index (χ1n) is 3.71. The molecule has 1 aromatic carbocycles. The SMILES string of the molecule is O=S(=O)([O-])c1cc2c(F)cccc2[nH]1.[Na+]. The molecule has 2 aromatic rings. The van der Waals surface area contributed by atoms with Crippen LogP contribution in [0.1, 0.15) is 0 Å². The Hall–Kier alpha value is -0.400. The van der Waals surface area contributed by atoms with Crippen LogP contribution in [-0.2, 0) is 10.1 Å². The number of rotatable bonds is 1. The first kappa shape index (κ1) is 12.7. The maximum atomic E-state index is 13.1. The van der Waals surface area contributed by atoms with Crippen molar-refractivity contribution < 1.29 is 46.9 Å². The number of H-pyrrole nitrogens is 1. The molecule has 0 saturated carbocycles. The number of hydrogen-bond acceptors (Lipinski definition) is 3. The minimum absolute atomic E-state index is 0. The van der Waals surface area contributed by atoms with Crippen molar-refractivity contribution in [3.63, 3.8) is 0 Å². The number of fused-ring (bicyclic) bond motifs is 1. The summed E-state index contributed by atoms with van der Waals surface area (Å²) in [5.74, 6) is -0.561. The maximum absolute atomic E-state index is 13.1. The van der Waals surface area contributed by atoms with Gasteiger partial charge in [0.2, 0.25) is 0 Å². The monoisotopic (exact) mass is 237 g/mol. The number of halogens is 1. The van der Waals surface area contributed by atoms with Crippen molar-refractivity contribution in [2.24, 2.45) is 0 Å². The Bertz CT molecular complexity index is 593. The van der Waals surface area contributed by atoms with Gasteiger partial charge in [-0.2, -0.15) is 0 Å². The van der Waals surface area contributed by atoms with Crippen LogP contribution in [0, 0.1) is 5.82 Å². The fraction of sp³-hybridized carbons (Fsp3) is 0. The zero-order valence-corrected chi connectivity index (χ0v) is 10.6. The fourth-order valence-corrected chi connectivity index (χ4v) is 1.72. The number of aromatic amines is 1. The van der Waals surface area contributed by atoms with Gasteiger partial charge in [-0.05, 0) is 18.2 Å². The van der Waals surface area contributed by atoms with Crippen molar-refractivity contribution in [2.75, 3.05) is 0 Å². The average molecular weight is 237 g/mol. The van der Waals surface area contributed by atoms with Gasteiger partial charge in [0.15, 0.2) is 0 Å². The van der Waals surface area contributed by atoms with E-state index in [9.17, 15) is 17.4 Å². The van der Waals surface area contributed by atoms with E-state index in [1.54, 1.807) is 0 Å². The molecule has 0 spiro atoms. The topological polar surface area (TPSA) is 73.0 Å². The second kappa shape index (κ2) is 4.23. The van der Waals surface area contributed by atoms with Crippen LogP contribution >= 0.6 is 0 Å². The quantitative estimate of drug-likeness (QED) is 0.470. The van der Waals surface area contributed by atoms with E-state index in [1.165, 1.54) is 18.2 Å². The van der Waals surface area contributed by atoms with Gasteiger partial charge in [0.05, 0.1) is 0 Å². The normalized spacial score (nSPS) is 11.3. The summed E-state index contributed by atoms with van der Waals surface area (Å²) in [5.41, 5.74) is 0.291. The predicted octanol–water partition coefficient (Wildman–Crippen LogP) is -1.78. The Morgan fingerprint density at radius 1 is 1.33 bits per heavy atom. The van der Waals surface area contributed by atoms with Gasteiger partial charge in [0, 0.05) is 10.9 Å². The Balaban J connectivity index is 0.00000112. The number of nitrogens with one attached hydrogen (secondary N) is 1. The van der Waals surface area contributed by atoms with Crippen LogP contribution in [-0.4, -0.2) is 18.0 Å². The zero-order valence-electron chi connectivity index (χ0n) is 7.82. The molecule has 1 aromatic heterocycles. The molecule has 0 amide bonds. The Morgan fingerprint density at radius 2 is 2.00 bits per heavy atom. The van der Waals surface area contributed by atoms with Crippen LogP contribution in [0.25, 0.3) is 10.9 Å². The molecule has 0 atom stereocenters. The molecule has 1 N–H and O–H groups in total. The van der Waals surface area contributed by atoms with E-state index in [0.717, 1.165) is 6.07 Å². The molecule has 0 unspecified atom stereocenters. The summed E-state index contributed by atoms with van der Waals surface area (Å²) in [4.78, 5) is 2.34. The fourth-order valence-electron chi connectivity index (χ4n) is 1.23. The summed E-state index contributed by atoms with van der Waals surface area (Å²) < 4.78 is 44.9. The van der Waals surface area contributed by atoms with Gasteiger partial charge in [-0.15, -0.1) is 0 Å². The first-order chi connectivity index (χ1) is 6.48. The molecule has 0 radical (unpaired) electrons. The minimum atomic E-state index is -4.55. The van der Waals surface area contributed by atoms with Crippen molar-refractivity contribution in [2.45, 2.75) is 5.03 Å². The molecule has 4 nitrogen and oxygen atoms in total. The van der Waals surface area contributed by atoms with E-state index < -0.39 is 21.0 Å². The van der Waals surface area contributed by atoms with Crippen molar-refractivity contribution in [3.05, 3.63) is 30.1 Å². The molecule has 0 aliphatic rings. The Kier molecular flexibility index (Phi) is 3.57. The molecular formula is C8H5FNNaO3S. The van der Waals surface area contributed by atoms with E-state index in [1.807, 2.05) is 0 Å². The van der Waals surface area contributed by atoms with Crippen LogP contribution in [0.3, 0.4) is 0 Å². The molecule has 15 heavy (non-hydrogen) atoms. The number of hydrogen-bond donors (Lipinski definition) is 1. The smallest absolute Gasteiger partial charge is 0.743 e. The predicted molar refractivity (Wildman–Crippen MR) is 46.2 cm³/mol. The summed E-state index contributed by atoms with van der Waals surface area (Å²) in [6.45, 7) is 0. The molecule has 0 fully saturated rings. The molecule has 0 bridgehead atoms. The van der Waals surface area contributed by atoms with E-state index >= 15 is 0 Å². The van der Waals surface area contributed by atoms with Gasteiger partial charge in [-0.3, -0.25) is 0 Å². The molecule has 74 valence electrons. The first-order valence-corrected chi connectivity index (χ1v) is 5.12. The molecular weight excluding hydrogens is 232 g/mol. The molecule has 0 aliphatic carbocycles. The molecule has 1 heterocycles. The summed E-state index contributed by atoms with van der Waals surface area (Å²) in [6.07, 6.45) is 0. The van der Waals surface area contributed by atoms with Gasteiger partial charge in [0.25, 0.3) is 0 Å². The third-order valence-corrected chi connectivity index (χ3v) is 2.61. The summed E-state index contributed by atoms with van der Waals surface area (Å²) >= 11 is 0. The van der Waals surface area contributed by atoms with E-state index in [-0.39, 0.29) is 34.9 Å². The summed E-state index contributed by atoms with van der Waals surface area (Å²) in [7, 11) is -4.55. The standard InChI is InChI=1S/C8H6FNO3S.Na/c9-6-2-1-3-7-5(6)4-8(10-7)14(11,12)13;/h1-4,10H,(H,11,12,13);/q;+1/p-1. The van der Waals surface area contributed by atoms with Gasteiger partial charge in [0.1, 0.15) is 21.0 Å². The van der Waals surface area contributed by atoms with Crippen LogP contribution in [0.15, 0.2) is 29.3 Å². The van der Waals surface area contributed by atoms with Crippen LogP contribution < -0.4 is 29.6 Å². The van der Waals surface area contributed by atoms with Gasteiger partial charge in [-0.25, -0.2) is 12.8 Å². The zero-order chi connectivity index (χ0) is 10.3. The van der Waals surface area contributed by atoms with Crippen molar-refractivity contribution in [1.82, 2.24) is 4.98 Å². The number of aromatic nitrogens is 1. The van der Waals surface area contributed by atoms with Crippen LogP contribution in [0.2, 0.25) is 0 Å².